The third-order valence-electron chi connectivity index (χ3n) is 4.78. The summed E-state index contributed by atoms with van der Waals surface area (Å²) in [5, 5.41) is 0. The van der Waals surface area contributed by atoms with Gasteiger partial charge in [-0.15, -0.1) is 0 Å². The first-order valence-corrected chi connectivity index (χ1v) is 9.65. The normalized spacial score (nSPS) is 19.2. The Morgan fingerprint density at radius 3 is 2.75 bits per heavy atom. The molecule has 1 heterocycles. The molecule has 0 spiro atoms. The van der Waals surface area contributed by atoms with Gasteiger partial charge in [0.25, 0.3) is 0 Å². The molecule has 1 aliphatic rings. The van der Waals surface area contributed by atoms with E-state index >= 15 is 0 Å². The molecular formula is C22H30N2O4. The van der Waals surface area contributed by atoms with E-state index in [1.807, 2.05) is 13.0 Å². The Hall–Kier alpha value is -2.63. The van der Waals surface area contributed by atoms with Gasteiger partial charge in [0.05, 0.1) is 26.1 Å². The van der Waals surface area contributed by atoms with Crippen LogP contribution in [-0.4, -0.2) is 36.3 Å². The fourth-order valence-electron chi connectivity index (χ4n) is 2.89. The Morgan fingerprint density at radius 2 is 2.11 bits per heavy atom. The summed E-state index contributed by atoms with van der Waals surface area (Å²) in [4.78, 5) is 20.5. The maximum absolute atomic E-state index is 12.1. The van der Waals surface area contributed by atoms with E-state index in [2.05, 4.69) is 29.5 Å². The summed E-state index contributed by atoms with van der Waals surface area (Å²) < 4.78 is 16.2. The molecule has 1 aromatic rings. The van der Waals surface area contributed by atoms with Crippen LogP contribution in [0.15, 0.2) is 41.8 Å². The van der Waals surface area contributed by atoms with Crippen molar-refractivity contribution >= 4 is 5.97 Å². The topological polar surface area (TPSA) is 70.5 Å². The van der Waals surface area contributed by atoms with Crippen LogP contribution in [0.5, 0.6) is 5.88 Å². The highest BCUT2D eigenvalue weighted by molar-refractivity contribution is 5.91. The molecule has 0 bridgehead atoms. The Morgan fingerprint density at radius 1 is 1.36 bits per heavy atom. The molecule has 6 heteroatoms. The Labute approximate surface area is 167 Å². The Kier molecular flexibility index (Phi) is 7.79. The van der Waals surface area contributed by atoms with Gasteiger partial charge >= 0.3 is 5.97 Å². The third-order valence-corrected chi connectivity index (χ3v) is 4.78. The van der Waals surface area contributed by atoms with E-state index in [1.54, 1.807) is 21.0 Å². The number of carbonyl (C=O) groups excluding carboxylic acids is 1. The molecule has 1 saturated carbocycles. The fraction of sp³-hybridized carbons (Fsp3) is 0.500. The number of ether oxygens (including phenoxy) is 3. The van der Waals surface area contributed by atoms with Gasteiger partial charge in [0.2, 0.25) is 5.88 Å². The molecule has 6 nitrogen and oxygen atoms in total. The van der Waals surface area contributed by atoms with E-state index < -0.39 is 5.97 Å². The third kappa shape index (κ3) is 5.68. The second-order valence-electron chi connectivity index (χ2n) is 6.83. The van der Waals surface area contributed by atoms with Crippen molar-refractivity contribution in [1.82, 2.24) is 9.97 Å². The van der Waals surface area contributed by atoms with E-state index in [9.17, 15) is 4.79 Å². The average Bonchev–Trinajstić information content (AvgIpc) is 3.45. The van der Waals surface area contributed by atoms with Gasteiger partial charge in [0.15, 0.2) is 0 Å². The number of rotatable bonds is 10. The van der Waals surface area contributed by atoms with E-state index in [4.69, 9.17) is 14.2 Å². The molecule has 2 atom stereocenters. The van der Waals surface area contributed by atoms with Crippen LogP contribution in [0.3, 0.4) is 0 Å². The molecule has 2 rings (SSSR count). The molecule has 28 heavy (non-hydrogen) atoms. The molecule has 0 saturated heterocycles. The second-order valence-corrected chi connectivity index (χ2v) is 6.83. The van der Waals surface area contributed by atoms with Gasteiger partial charge in [-0.25, -0.2) is 9.78 Å². The standard InChI is InChI=1S/C22H30N2O4/c1-7-14(3)18(10-9-15(4)26-6)19-11-17(19)13-28-21-20(22(25)27-8-2)12-23-16(5)24-21/h9-10,12,17,19H,3,7-8,11,13H2,1-2,4-6H3. The molecule has 152 valence electrons. The van der Waals surface area contributed by atoms with E-state index in [0.29, 0.717) is 30.9 Å². The minimum atomic E-state index is -0.468. The van der Waals surface area contributed by atoms with Crippen molar-refractivity contribution in [3.63, 3.8) is 0 Å². The number of esters is 1. The van der Waals surface area contributed by atoms with Crippen molar-refractivity contribution in [3.8, 4) is 5.88 Å². The number of allylic oxidation sites excluding steroid dienone is 5. The zero-order valence-corrected chi connectivity index (χ0v) is 17.4. The van der Waals surface area contributed by atoms with Crippen LogP contribution in [-0.2, 0) is 9.47 Å². The molecular weight excluding hydrogens is 356 g/mol. The van der Waals surface area contributed by atoms with Gasteiger partial charge in [-0.2, -0.15) is 4.98 Å². The number of methoxy groups -OCH3 is 1. The maximum Gasteiger partial charge on any atom is 0.345 e. The van der Waals surface area contributed by atoms with E-state index in [1.165, 1.54) is 11.8 Å². The van der Waals surface area contributed by atoms with Gasteiger partial charge in [0.1, 0.15) is 11.4 Å². The summed E-state index contributed by atoms with van der Waals surface area (Å²) in [6.45, 7) is 12.5. The predicted octanol–water partition coefficient (Wildman–Crippen LogP) is 4.42. The van der Waals surface area contributed by atoms with E-state index in [0.717, 1.165) is 24.2 Å². The molecule has 0 amide bonds. The minimum Gasteiger partial charge on any atom is -0.501 e. The molecule has 0 aromatic carbocycles. The second kappa shape index (κ2) is 10.1. The number of hydrogen-bond acceptors (Lipinski definition) is 6. The number of carbonyl (C=O) groups is 1. The molecule has 0 aliphatic heterocycles. The quantitative estimate of drug-likeness (QED) is 0.337. The summed E-state index contributed by atoms with van der Waals surface area (Å²) in [6.07, 6.45) is 7.44. The van der Waals surface area contributed by atoms with Crippen LogP contribution in [0, 0.1) is 18.8 Å². The lowest BCUT2D eigenvalue weighted by atomic mass is 9.99. The maximum atomic E-state index is 12.1. The summed E-state index contributed by atoms with van der Waals surface area (Å²) >= 11 is 0. The largest absolute Gasteiger partial charge is 0.501 e. The van der Waals surface area contributed by atoms with E-state index in [-0.39, 0.29) is 11.4 Å². The SMILES string of the molecule is C=C(CC)C(=CC=C(C)OC)C1CC1COc1nc(C)ncc1C(=O)OCC. The van der Waals surface area contributed by atoms with Crippen LogP contribution < -0.4 is 4.74 Å². The molecule has 1 fully saturated rings. The Bertz CT molecular complexity index is 783. The average molecular weight is 386 g/mol. The molecule has 1 aromatic heterocycles. The Balaban J connectivity index is 2.08. The summed E-state index contributed by atoms with van der Waals surface area (Å²) in [6, 6.07) is 0. The molecule has 0 radical (unpaired) electrons. The number of aryl methyl sites for hydroxylation is 1. The van der Waals surface area contributed by atoms with Crippen LogP contribution in [0.25, 0.3) is 0 Å². The first kappa shape index (κ1) is 21.7. The lowest BCUT2D eigenvalue weighted by Crippen LogP contribution is -2.12. The van der Waals surface area contributed by atoms with Crippen LogP contribution in [0.4, 0.5) is 0 Å². The van der Waals surface area contributed by atoms with Gasteiger partial charge in [0, 0.05) is 12.1 Å². The summed E-state index contributed by atoms with van der Waals surface area (Å²) in [5.41, 5.74) is 2.62. The first-order valence-electron chi connectivity index (χ1n) is 9.65. The highest BCUT2D eigenvalue weighted by Gasteiger charge is 2.41. The smallest absolute Gasteiger partial charge is 0.345 e. The monoisotopic (exact) mass is 386 g/mol. The van der Waals surface area contributed by atoms with Crippen molar-refractivity contribution in [2.24, 2.45) is 11.8 Å². The van der Waals surface area contributed by atoms with Crippen LogP contribution in [0.1, 0.15) is 49.8 Å². The lowest BCUT2D eigenvalue weighted by molar-refractivity contribution is 0.0519. The van der Waals surface area contributed by atoms with Crippen molar-refractivity contribution in [3.05, 3.63) is 53.2 Å². The summed E-state index contributed by atoms with van der Waals surface area (Å²) in [7, 11) is 1.66. The molecule has 2 unspecified atom stereocenters. The minimum absolute atomic E-state index is 0.261. The van der Waals surface area contributed by atoms with Crippen molar-refractivity contribution < 1.29 is 19.0 Å². The predicted molar refractivity (Wildman–Crippen MR) is 108 cm³/mol. The zero-order chi connectivity index (χ0) is 20.7. The molecule has 1 aliphatic carbocycles. The van der Waals surface area contributed by atoms with Crippen molar-refractivity contribution in [2.75, 3.05) is 20.3 Å². The summed E-state index contributed by atoms with van der Waals surface area (Å²) in [5.74, 6) is 1.97. The lowest BCUT2D eigenvalue weighted by Gasteiger charge is -2.11. The van der Waals surface area contributed by atoms with Crippen molar-refractivity contribution in [2.45, 2.75) is 40.5 Å². The van der Waals surface area contributed by atoms with Gasteiger partial charge < -0.3 is 14.2 Å². The fourth-order valence-corrected chi connectivity index (χ4v) is 2.89. The number of aromatic nitrogens is 2. The van der Waals surface area contributed by atoms with Gasteiger partial charge in [-0.3, -0.25) is 0 Å². The van der Waals surface area contributed by atoms with Gasteiger partial charge in [-0.05, 0) is 51.2 Å². The van der Waals surface area contributed by atoms with Crippen LogP contribution in [0.2, 0.25) is 0 Å². The van der Waals surface area contributed by atoms with Crippen LogP contribution >= 0.6 is 0 Å². The first-order chi connectivity index (χ1) is 13.4. The number of hydrogen-bond donors (Lipinski definition) is 0. The number of nitrogens with zero attached hydrogens (tertiary/aromatic N) is 2. The van der Waals surface area contributed by atoms with Crippen molar-refractivity contribution in [1.29, 1.82) is 0 Å². The highest BCUT2D eigenvalue weighted by atomic mass is 16.5. The molecule has 0 N–H and O–H groups in total. The highest BCUT2D eigenvalue weighted by Crippen LogP contribution is 2.47. The zero-order valence-electron chi connectivity index (χ0n) is 17.4. The van der Waals surface area contributed by atoms with Gasteiger partial charge in [-0.1, -0.05) is 25.2 Å².